The van der Waals surface area contributed by atoms with Crippen molar-refractivity contribution in [2.24, 2.45) is 0 Å². The van der Waals surface area contributed by atoms with E-state index in [9.17, 15) is 9.50 Å². The van der Waals surface area contributed by atoms with E-state index in [1.165, 1.54) is 47.0 Å². The molecule has 1 N–H and O–H groups in total. The highest BCUT2D eigenvalue weighted by molar-refractivity contribution is 8.03. The summed E-state index contributed by atoms with van der Waals surface area (Å²) in [6.07, 6.45) is 1.23. The fraction of sp³-hybridized carbons (Fsp3) is 0.273. The lowest BCUT2D eigenvalue weighted by atomic mass is 10.1. The van der Waals surface area contributed by atoms with Gasteiger partial charge in [0.1, 0.15) is 5.82 Å². The second-order valence-corrected chi connectivity index (χ2v) is 6.82. The number of rotatable bonds is 4. The molecule has 3 nitrogen and oxygen atoms in total. The van der Waals surface area contributed by atoms with Gasteiger partial charge in [-0.05, 0) is 36.9 Å². The van der Waals surface area contributed by atoms with E-state index >= 15 is 0 Å². The summed E-state index contributed by atoms with van der Waals surface area (Å²) in [7, 11) is 0. The van der Waals surface area contributed by atoms with Crippen molar-refractivity contribution >= 4 is 34.9 Å². The number of nitrogens with zero attached hydrogens (tertiary/aromatic N) is 2. The van der Waals surface area contributed by atoms with Crippen molar-refractivity contribution in [1.82, 2.24) is 10.2 Å². The number of aromatic nitrogens is 2. The molecule has 2 aromatic rings. The zero-order chi connectivity index (χ0) is 13.1. The minimum atomic E-state index is -0.712. The Balaban J connectivity index is 2.28. The van der Waals surface area contributed by atoms with Gasteiger partial charge in [0, 0.05) is 4.90 Å². The highest BCUT2D eigenvalue weighted by Crippen LogP contribution is 2.36. The quantitative estimate of drug-likeness (QED) is 0.874. The normalized spacial score (nSPS) is 12.7. The van der Waals surface area contributed by atoms with Gasteiger partial charge in [-0.2, -0.15) is 0 Å². The van der Waals surface area contributed by atoms with Gasteiger partial charge < -0.3 is 5.11 Å². The average molecular weight is 302 g/mol. The molecule has 0 aliphatic heterocycles. The summed E-state index contributed by atoms with van der Waals surface area (Å²) in [4.78, 5) is 0.801. The van der Waals surface area contributed by atoms with E-state index in [-0.39, 0.29) is 5.82 Å². The van der Waals surface area contributed by atoms with Crippen molar-refractivity contribution in [3.05, 3.63) is 29.6 Å². The molecule has 0 fully saturated rings. The van der Waals surface area contributed by atoms with Gasteiger partial charge in [-0.1, -0.05) is 34.9 Å². The summed E-state index contributed by atoms with van der Waals surface area (Å²) in [5, 5.41) is 17.7. The Labute approximate surface area is 117 Å². The number of hydrogen-bond acceptors (Lipinski definition) is 6. The summed E-state index contributed by atoms with van der Waals surface area (Å²) in [5.74, 6) is -0.350. The van der Waals surface area contributed by atoms with Crippen LogP contribution in [0.2, 0.25) is 0 Å². The highest BCUT2D eigenvalue weighted by Gasteiger charge is 2.13. The molecule has 0 radical (unpaired) electrons. The third-order valence-electron chi connectivity index (χ3n) is 2.18. The molecular weight excluding hydrogens is 291 g/mol. The van der Waals surface area contributed by atoms with Crippen LogP contribution in [0.4, 0.5) is 4.39 Å². The maximum Gasteiger partial charge on any atom is 0.179 e. The van der Waals surface area contributed by atoms with E-state index in [4.69, 9.17) is 0 Å². The van der Waals surface area contributed by atoms with Crippen LogP contribution < -0.4 is 0 Å². The Hall–Kier alpha value is -0.630. The Morgan fingerprint density at radius 1 is 1.33 bits per heavy atom. The molecule has 0 saturated heterocycles. The predicted octanol–water partition coefficient (Wildman–Crippen LogP) is 3.60. The average Bonchev–Trinajstić information content (AvgIpc) is 2.79. The first-order valence-electron chi connectivity index (χ1n) is 5.13. The van der Waals surface area contributed by atoms with Crippen molar-refractivity contribution in [2.45, 2.75) is 26.6 Å². The number of aliphatic hydroxyl groups excluding tert-OH is 1. The van der Waals surface area contributed by atoms with E-state index in [0.29, 0.717) is 5.56 Å². The lowest BCUT2D eigenvalue weighted by Gasteiger charge is -2.10. The van der Waals surface area contributed by atoms with Crippen LogP contribution in [-0.2, 0) is 0 Å². The lowest BCUT2D eigenvalue weighted by Crippen LogP contribution is -1.95. The van der Waals surface area contributed by atoms with Crippen LogP contribution in [0.3, 0.4) is 0 Å². The number of benzene rings is 1. The van der Waals surface area contributed by atoms with Gasteiger partial charge in [0.2, 0.25) is 0 Å². The number of halogens is 1. The zero-order valence-electron chi connectivity index (χ0n) is 9.75. The fourth-order valence-electron chi connectivity index (χ4n) is 1.35. The number of thioether (sulfide) groups is 1. The van der Waals surface area contributed by atoms with E-state index in [1.54, 1.807) is 13.0 Å². The molecule has 96 valence electrons. The largest absolute Gasteiger partial charge is 0.389 e. The third-order valence-corrected chi connectivity index (χ3v) is 5.22. The zero-order valence-corrected chi connectivity index (χ0v) is 12.2. The molecule has 0 aliphatic carbocycles. The molecule has 2 rings (SSSR count). The van der Waals surface area contributed by atoms with Crippen molar-refractivity contribution in [3.8, 4) is 0 Å². The van der Waals surface area contributed by atoms with Crippen molar-refractivity contribution in [2.75, 3.05) is 6.26 Å². The second kappa shape index (κ2) is 6.01. The van der Waals surface area contributed by atoms with E-state index in [0.717, 1.165) is 13.6 Å². The van der Waals surface area contributed by atoms with Crippen LogP contribution in [0.5, 0.6) is 0 Å². The highest BCUT2D eigenvalue weighted by atomic mass is 32.2. The monoisotopic (exact) mass is 302 g/mol. The van der Waals surface area contributed by atoms with Gasteiger partial charge in [-0.25, -0.2) is 4.39 Å². The first-order valence-corrected chi connectivity index (χ1v) is 7.99. The molecule has 7 heteroatoms. The first kappa shape index (κ1) is 13.8. The summed E-state index contributed by atoms with van der Waals surface area (Å²) in [5.41, 5.74) is 0.570. The smallest absolute Gasteiger partial charge is 0.179 e. The molecule has 0 amide bonds. The third kappa shape index (κ3) is 3.23. The maximum absolute atomic E-state index is 13.2. The minimum Gasteiger partial charge on any atom is -0.389 e. The van der Waals surface area contributed by atoms with Crippen LogP contribution in [0.25, 0.3) is 0 Å². The van der Waals surface area contributed by atoms with Crippen LogP contribution in [0, 0.1) is 5.82 Å². The van der Waals surface area contributed by atoms with Crippen LogP contribution in [0.1, 0.15) is 18.6 Å². The summed E-state index contributed by atoms with van der Waals surface area (Å²) >= 11 is 4.41. The van der Waals surface area contributed by atoms with Crippen LogP contribution in [-0.4, -0.2) is 21.6 Å². The van der Waals surface area contributed by atoms with Crippen LogP contribution >= 0.6 is 34.9 Å². The standard InChI is InChI=1S/C11H11FN2OS3/c1-6(15)8-5-7(12)3-4-9(8)17-11-14-13-10(16-2)18-11/h3-6,15H,1-2H3. The van der Waals surface area contributed by atoms with Gasteiger partial charge in [0.05, 0.1) is 6.10 Å². The summed E-state index contributed by atoms with van der Waals surface area (Å²) in [6.45, 7) is 1.62. The van der Waals surface area contributed by atoms with Crippen molar-refractivity contribution in [3.63, 3.8) is 0 Å². The molecule has 0 spiro atoms. The Morgan fingerprint density at radius 2 is 2.06 bits per heavy atom. The number of aliphatic hydroxyl groups is 1. The molecule has 0 bridgehead atoms. The molecule has 1 aromatic heterocycles. The van der Waals surface area contributed by atoms with Crippen LogP contribution in [0.15, 0.2) is 31.8 Å². The molecule has 1 unspecified atom stereocenters. The SMILES string of the molecule is CSc1nnc(Sc2ccc(F)cc2C(C)O)s1. The Kier molecular flexibility index (Phi) is 4.60. The van der Waals surface area contributed by atoms with E-state index in [1.807, 2.05) is 6.26 Å². The Morgan fingerprint density at radius 3 is 2.67 bits per heavy atom. The van der Waals surface area contributed by atoms with E-state index in [2.05, 4.69) is 10.2 Å². The summed E-state index contributed by atoms with van der Waals surface area (Å²) < 4.78 is 14.8. The molecule has 1 atom stereocenters. The van der Waals surface area contributed by atoms with E-state index < -0.39 is 6.10 Å². The minimum absolute atomic E-state index is 0.350. The van der Waals surface area contributed by atoms with Gasteiger partial charge in [0.25, 0.3) is 0 Å². The Bertz CT molecular complexity index is 545. The topological polar surface area (TPSA) is 46.0 Å². The number of hydrogen-bond donors (Lipinski definition) is 1. The lowest BCUT2D eigenvalue weighted by molar-refractivity contribution is 0.196. The summed E-state index contributed by atoms with van der Waals surface area (Å²) in [6, 6.07) is 4.39. The van der Waals surface area contributed by atoms with Gasteiger partial charge >= 0.3 is 0 Å². The van der Waals surface area contributed by atoms with Gasteiger partial charge in [-0.15, -0.1) is 10.2 Å². The van der Waals surface area contributed by atoms with Crippen molar-refractivity contribution in [1.29, 1.82) is 0 Å². The molecule has 0 aliphatic rings. The first-order chi connectivity index (χ1) is 8.60. The molecule has 1 aromatic carbocycles. The van der Waals surface area contributed by atoms with Gasteiger partial charge in [-0.3, -0.25) is 0 Å². The molecule has 1 heterocycles. The van der Waals surface area contributed by atoms with Gasteiger partial charge in [0.15, 0.2) is 8.68 Å². The predicted molar refractivity (Wildman–Crippen MR) is 72.8 cm³/mol. The fourth-order valence-corrected chi connectivity index (χ4v) is 3.94. The van der Waals surface area contributed by atoms with Crippen molar-refractivity contribution < 1.29 is 9.50 Å². The molecular formula is C11H11FN2OS3. The second-order valence-electron chi connectivity index (χ2n) is 3.50. The maximum atomic E-state index is 13.2. The molecule has 0 saturated carbocycles. The molecule has 18 heavy (non-hydrogen) atoms.